The van der Waals surface area contributed by atoms with E-state index in [-0.39, 0.29) is 12.3 Å². The van der Waals surface area contributed by atoms with Crippen molar-refractivity contribution in [2.24, 2.45) is 0 Å². The number of Topliss-reactive ketones (excluding diaryl/α,β-unsaturated/α-hetero) is 1. The van der Waals surface area contributed by atoms with Crippen LogP contribution in [0.4, 0.5) is 4.79 Å². The third kappa shape index (κ3) is 2.75. The van der Waals surface area contributed by atoms with Crippen LogP contribution < -0.4 is 5.32 Å². The monoisotopic (exact) mass is 382 g/mol. The van der Waals surface area contributed by atoms with E-state index in [0.717, 1.165) is 20.0 Å². The summed E-state index contributed by atoms with van der Waals surface area (Å²) >= 11 is 1.52. The van der Waals surface area contributed by atoms with Crippen molar-refractivity contribution < 1.29 is 18.8 Å². The zero-order valence-electron chi connectivity index (χ0n) is 15.2. The van der Waals surface area contributed by atoms with Crippen LogP contribution in [0.25, 0.3) is 11.0 Å². The first-order chi connectivity index (χ1) is 12.8. The van der Waals surface area contributed by atoms with Gasteiger partial charge in [0.05, 0.1) is 6.54 Å². The molecular weight excluding hydrogens is 364 g/mol. The van der Waals surface area contributed by atoms with Gasteiger partial charge < -0.3 is 9.73 Å². The third-order valence-electron chi connectivity index (χ3n) is 4.84. The quantitative estimate of drug-likeness (QED) is 0.550. The Morgan fingerprint density at radius 1 is 1.22 bits per heavy atom. The van der Waals surface area contributed by atoms with Gasteiger partial charge in [-0.1, -0.05) is 18.2 Å². The van der Waals surface area contributed by atoms with E-state index in [9.17, 15) is 14.4 Å². The van der Waals surface area contributed by atoms with Gasteiger partial charge in [-0.15, -0.1) is 11.3 Å². The zero-order valence-corrected chi connectivity index (χ0v) is 16.0. The van der Waals surface area contributed by atoms with E-state index >= 15 is 0 Å². The smallest absolute Gasteiger partial charge is 0.325 e. The van der Waals surface area contributed by atoms with E-state index < -0.39 is 17.5 Å². The molecule has 0 saturated carbocycles. The number of ketones is 1. The van der Waals surface area contributed by atoms with Gasteiger partial charge in [-0.05, 0) is 39.0 Å². The highest BCUT2D eigenvalue weighted by Gasteiger charge is 2.51. The van der Waals surface area contributed by atoms with Gasteiger partial charge in [0.1, 0.15) is 11.3 Å². The Hall–Kier alpha value is -2.93. The van der Waals surface area contributed by atoms with Gasteiger partial charge in [0.15, 0.2) is 11.3 Å². The number of thiophene rings is 1. The van der Waals surface area contributed by atoms with Crippen molar-refractivity contribution in [1.29, 1.82) is 0 Å². The molecular formula is C20H18N2O4S. The van der Waals surface area contributed by atoms with Gasteiger partial charge in [0, 0.05) is 20.7 Å². The predicted octanol–water partition coefficient (Wildman–Crippen LogP) is 3.76. The summed E-state index contributed by atoms with van der Waals surface area (Å²) in [6.07, 6.45) is 0. The number of imide groups is 1. The summed E-state index contributed by atoms with van der Waals surface area (Å²) in [7, 11) is 0. The molecule has 1 aliphatic heterocycles. The van der Waals surface area contributed by atoms with Crippen molar-refractivity contribution in [3.63, 3.8) is 0 Å². The molecule has 1 atom stereocenters. The highest BCUT2D eigenvalue weighted by atomic mass is 32.1. The molecule has 7 heteroatoms. The lowest BCUT2D eigenvalue weighted by molar-refractivity contribution is -0.131. The number of benzene rings is 1. The number of nitrogens with one attached hydrogen (secondary N) is 1. The van der Waals surface area contributed by atoms with Gasteiger partial charge in [-0.25, -0.2) is 4.79 Å². The number of nitrogens with zero attached hydrogens (tertiary/aromatic N) is 1. The van der Waals surface area contributed by atoms with Crippen molar-refractivity contribution in [3.8, 4) is 0 Å². The molecule has 27 heavy (non-hydrogen) atoms. The Balaban J connectivity index is 1.63. The molecule has 138 valence electrons. The fourth-order valence-electron chi connectivity index (χ4n) is 3.37. The van der Waals surface area contributed by atoms with Gasteiger partial charge >= 0.3 is 6.03 Å². The molecule has 1 N–H and O–H groups in total. The molecule has 1 saturated heterocycles. The average Bonchev–Trinajstić information content (AvgIpc) is 3.26. The second-order valence-electron chi connectivity index (χ2n) is 6.85. The standard InChI is InChI=1S/C20H18N2O4S/c1-11-8-14(12(2)27-11)15(23)10-22-18(24)20(3,21-19(22)25)17-9-13-6-4-5-7-16(13)26-17/h4-9H,10H2,1-3H3,(H,21,25)/t20-/m0/s1. The SMILES string of the molecule is Cc1cc(C(=O)CN2C(=O)N[C@@](C)(c3cc4ccccc4o3)C2=O)c(C)s1. The second-order valence-corrected chi connectivity index (χ2v) is 8.31. The van der Waals surface area contributed by atoms with E-state index in [1.165, 1.54) is 11.3 Å². The number of hydrogen-bond donors (Lipinski definition) is 1. The molecule has 4 rings (SSSR count). The molecule has 0 radical (unpaired) electrons. The fourth-order valence-corrected chi connectivity index (χ4v) is 4.31. The normalized spacial score (nSPS) is 19.7. The summed E-state index contributed by atoms with van der Waals surface area (Å²) < 4.78 is 5.79. The zero-order chi connectivity index (χ0) is 19.3. The van der Waals surface area contributed by atoms with Gasteiger partial charge in [0.2, 0.25) is 0 Å². The van der Waals surface area contributed by atoms with E-state index in [1.54, 1.807) is 25.1 Å². The lowest BCUT2D eigenvalue weighted by atomic mass is 9.98. The second kappa shape index (κ2) is 6.06. The topological polar surface area (TPSA) is 79.6 Å². The molecule has 6 nitrogen and oxygen atoms in total. The lowest BCUT2D eigenvalue weighted by Gasteiger charge is -2.18. The lowest BCUT2D eigenvalue weighted by Crippen LogP contribution is -2.41. The maximum absolute atomic E-state index is 13.0. The van der Waals surface area contributed by atoms with Crippen LogP contribution in [0.15, 0.2) is 40.8 Å². The number of urea groups is 1. The Labute approximate surface area is 159 Å². The Bertz CT molecular complexity index is 1060. The molecule has 1 fully saturated rings. The molecule has 0 spiro atoms. The van der Waals surface area contributed by atoms with Crippen LogP contribution in [0.2, 0.25) is 0 Å². The van der Waals surface area contributed by atoms with Crippen molar-refractivity contribution in [3.05, 3.63) is 57.5 Å². The van der Waals surface area contributed by atoms with Crippen LogP contribution in [-0.2, 0) is 10.3 Å². The highest BCUT2D eigenvalue weighted by molar-refractivity contribution is 7.12. The molecule has 0 unspecified atom stereocenters. The maximum atomic E-state index is 13.0. The van der Waals surface area contributed by atoms with E-state index in [2.05, 4.69) is 5.32 Å². The summed E-state index contributed by atoms with van der Waals surface area (Å²) in [5.41, 5.74) is -0.152. The van der Waals surface area contributed by atoms with Crippen molar-refractivity contribution >= 4 is 40.0 Å². The number of carbonyl (C=O) groups excluding carboxylic acids is 3. The summed E-state index contributed by atoms with van der Waals surface area (Å²) in [5.74, 6) is -0.404. The molecule has 2 aromatic heterocycles. The van der Waals surface area contributed by atoms with Crippen LogP contribution in [0.3, 0.4) is 0 Å². The van der Waals surface area contributed by atoms with Crippen molar-refractivity contribution in [1.82, 2.24) is 10.2 Å². The van der Waals surface area contributed by atoms with Crippen LogP contribution >= 0.6 is 11.3 Å². The Morgan fingerprint density at radius 3 is 2.63 bits per heavy atom. The molecule has 1 aliphatic rings. The number of amides is 3. The number of rotatable bonds is 4. The van der Waals surface area contributed by atoms with Gasteiger partial charge in [-0.2, -0.15) is 0 Å². The number of furan rings is 1. The van der Waals surface area contributed by atoms with Gasteiger partial charge in [-0.3, -0.25) is 14.5 Å². The van der Waals surface area contributed by atoms with Crippen LogP contribution in [0, 0.1) is 13.8 Å². The van der Waals surface area contributed by atoms with Crippen LogP contribution in [0.1, 0.15) is 32.8 Å². The molecule has 0 bridgehead atoms. The Kier molecular flexibility index (Phi) is 3.92. The largest absolute Gasteiger partial charge is 0.458 e. The summed E-state index contributed by atoms with van der Waals surface area (Å²) in [6, 6.07) is 10.3. The number of para-hydroxylation sites is 1. The number of hydrogen-bond acceptors (Lipinski definition) is 5. The third-order valence-corrected chi connectivity index (χ3v) is 5.80. The minimum atomic E-state index is -1.34. The van der Waals surface area contributed by atoms with E-state index in [0.29, 0.717) is 16.9 Å². The first kappa shape index (κ1) is 17.5. The predicted molar refractivity (Wildman–Crippen MR) is 102 cm³/mol. The molecule has 3 amide bonds. The molecule has 0 aliphatic carbocycles. The summed E-state index contributed by atoms with van der Waals surface area (Å²) in [6.45, 7) is 5.07. The average molecular weight is 382 g/mol. The van der Waals surface area contributed by atoms with E-state index in [4.69, 9.17) is 4.42 Å². The number of fused-ring (bicyclic) bond motifs is 1. The molecule has 1 aromatic carbocycles. The summed E-state index contributed by atoms with van der Waals surface area (Å²) in [4.78, 5) is 40.9. The van der Waals surface area contributed by atoms with Gasteiger partial charge in [0.25, 0.3) is 5.91 Å². The molecule has 3 aromatic rings. The minimum Gasteiger partial charge on any atom is -0.458 e. The van der Waals surface area contributed by atoms with Crippen molar-refractivity contribution in [2.45, 2.75) is 26.3 Å². The first-order valence-corrected chi connectivity index (χ1v) is 9.34. The van der Waals surface area contributed by atoms with E-state index in [1.807, 2.05) is 32.0 Å². The van der Waals surface area contributed by atoms with Crippen LogP contribution in [0.5, 0.6) is 0 Å². The fraction of sp³-hybridized carbons (Fsp3) is 0.250. The van der Waals surface area contributed by atoms with Crippen molar-refractivity contribution in [2.75, 3.05) is 6.54 Å². The first-order valence-electron chi connectivity index (χ1n) is 8.53. The minimum absolute atomic E-state index is 0.255. The highest BCUT2D eigenvalue weighted by Crippen LogP contribution is 2.33. The van der Waals surface area contributed by atoms with Crippen LogP contribution in [-0.4, -0.2) is 29.2 Å². The Morgan fingerprint density at radius 2 is 1.96 bits per heavy atom. The maximum Gasteiger partial charge on any atom is 0.325 e. The number of carbonyl (C=O) groups is 3. The summed E-state index contributed by atoms with van der Waals surface area (Å²) in [5, 5.41) is 3.52. The molecule has 3 heterocycles. The number of aryl methyl sites for hydroxylation is 2.